The Morgan fingerprint density at radius 2 is 1.75 bits per heavy atom. The summed E-state index contributed by atoms with van der Waals surface area (Å²) in [5.74, 6) is 0.762. The summed E-state index contributed by atoms with van der Waals surface area (Å²) in [6.07, 6.45) is 12.4. The highest BCUT2D eigenvalue weighted by Crippen LogP contribution is 2.54. The van der Waals surface area contributed by atoms with Gasteiger partial charge in [-0.05, 0) is 111 Å². The first-order chi connectivity index (χ1) is 31.3. The lowest BCUT2D eigenvalue weighted by Gasteiger charge is -2.56. The fourth-order valence-electron chi connectivity index (χ4n) is 10.9. The summed E-state index contributed by atoms with van der Waals surface area (Å²) in [5.41, 5.74) is 9.31. The van der Waals surface area contributed by atoms with Crippen LogP contribution in [0.4, 0.5) is 21.6 Å². The number of amides is 1. The number of H-pyrrole nitrogens is 1. The van der Waals surface area contributed by atoms with Gasteiger partial charge in [0.15, 0.2) is 0 Å². The fourth-order valence-corrected chi connectivity index (χ4v) is 11.9. The third-order valence-corrected chi connectivity index (χ3v) is 16.2. The highest BCUT2D eigenvalue weighted by atomic mass is 32.2. The molecule has 14 nitrogen and oxygen atoms in total. The minimum Gasteiger partial charge on any atom is -0.455 e. The normalized spacial score (nSPS) is 21.7. The van der Waals surface area contributed by atoms with Crippen LogP contribution in [-0.2, 0) is 14.8 Å². The van der Waals surface area contributed by atoms with Crippen LogP contribution < -0.4 is 25.4 Å². The van der Waals surface area contributed by atoms with Gasteiger partial charge in [-0.1, -0.05) is 38.1 Å². The minimum absolute atomic E-state index is 0.0414. The molecule has 1 aliphatic carbocycles. The highest BCUT2D eigenvalue weighted by molar-refractivity contribution is 7.90. The van der Waals surface area contributed by atoms with Gasteiger partial charge in [0.2, 0.25) is 0 Å². The van der Waals surface area contributed by atoms with Crippen molar-refractivity contribution < 1.29 is 27.1 Å². The molecule has 0 unspecified atom stereocenters. The van der Waals surface area contributed by atoms with Gasteiger partial charge in [-0.3, -0.25) is 14.6 Å². The SMILES string of the molecule is CC(C)c1ccccc1[C@@H]1CCCN1C1CC2(CCN(c3cc(Oc4cnc5[nH]ccc5c4)c(C(=O)NS(=O)(=O)c4ccc(NCC5(F)CCN(C6COC6)CC5)c(N)c4)cn3)CC2)C1. The number of sulfonamides is 1. The standard InChI is InChI=1S/C49H60FN9O5S/c1-32(2)38-6-3-4-7-39(38)43-8-5-17-59(43)34-25-48(26-34)12-18-58(19-13-48)45-24-44(64-36-22-33-11-16-52-46(33)54-27-36)40(28-53-45)47(60)56-65(61,62)37-9-10-42(41(51)23-37)55-31-49(50)14-20-57(21-15-49)35-29-63-30-35/h3-4,6-7,9-11,16,22-24,27-28,32,34-35,43,55H,5,8,12-15,17-21,25-26,29-31,51H2,1-2H3,(H,52,54)(H,56,60)/t43-/m0/s1. The number of aromatic amines is 1. The number of piperidine rings is 2. The smallest absolute Gasteiger partial charge is 0.270 e. The van der Waals surface area contributed by atoms with E-state index in [2.05, 4.69) is 72.8 Å². The first kappa shape index (κ1) is 43.6. The zero-order valence-electron chi connectivity index (χ0n) is 37.3. The monoisotopic (exact) mass is 905 g/mol. The zero-order chi connectivity index (χ0) is 44.9. The molecule has 0 bridgehead atoms. The van der Waals surface area contributed by atoms with Crippen LogP contribution in [0.15, 0.2) is 84.1 Å². The Kier molecular flexibility index (Phi) is 11.7. The second-order valence-electron chi connectivity index (χ2n) is 19.4. The Labute approximate surface area is 380 Å². The maximum Gasteiger partial charge on any atom is 0.270 e. The Hall–Kier alpha value is -5.29. The van der Waals surface area contributed by atoms with E-state index in [1.807, 2.05) is 6.07 Å². The number of anilines is 3. The van der Waals surface area contributed by atoms with Crippen LogP contribution in [0.25, 0.3) is 11.0 Å². The molecule has 10 rings (SSSR count). The summed E-state index contributed by atoms with van der Waals surface area (Å²) in [6, 6.07) is 19.9. The number of pyridine rings is 2. The summed E-state index contributed by atoms with van der Waals surface area (Å²) < 4.78 is 57.0. The maximum absolute atomic E-state index is 15.7. The molecule has 1 atom stereocenters. The number of carbonyl (C=O) groups is 1. The van der Waals surface area contributed by atoms with Crippen molar-refractivity contribution in [1.29, 1.82) is 0 Å². The van der Waals surface area contributed by atoms with E-state index in [0.717, 1.165) is 37.9 Å². The number of alkyl halides is 1. The number of benzene rings is 2. The van der Waals surface area contributed by atoms with Crippen molar-refractivity contribution in [1.82, 2.24) is 29.5 Å². The number of nitrogens with two attached hydrogens (primary N) is 1. The molecule has 65 heavy (non-hydrogen) atoms. The second kappa shape index (κ2) is 17.5. The van der Waals surface area contributed by atoms with Crippen LogP contribution in [0.3, 0.4) is 0 Å². The van der Waals surface area contributed by atoms with Gasteiger partial charge >= 0.3 is 0 Å². The average Bonchev–Trinajstić information content (AvgIpc) is 3.95. The predicted molar refractivity (Wildman–Crippen MR) is 250 cm³/mol. The van der Waals surface area contributed by atoms with E-state index in [-0.39, 0.29) is 28.4 Å². The van der Waals surface area contributed by atoms with Crippen LogP contribution in [0.1, 0.15) is 98.7 Å². The van der Waals surface area contributed by atoms with E-state index in [9.17, 15) is 13.2 Å². The van der Waals surface area contributed by atoms with Crippen molar-refractivity contribution in [2.75, 3.05) is 68.4 Å². The molecule has 5 fully saturated rings. The Bertz CT molecular complexity index is 2650. The molecule has 2 aromatic carbocycles. The average molecular weight is 906 g/mol. The molecule has 1 saturated carbocycles. The number of hydrogen-bond acceptors (Lipinski definition) is 12. The Morgan fingerprint density at radius 1 is 0.969 bits per heavy atom. The molecule has 1 spiro atoms. The Morgan fingerprint density at radius 3 is 2.49 bits per heavy atom. The van der Waals surface area contributed by atoms with Gasteiger partial charge in [-0.15, -0.1) is 0 Å². The van der Waals surface area contributed by atoms with Gasteiger partial charge in [-0.2, -0.15) is 0 Å². The number of hydrogen-bond donors (Lipinski definition) is 4. The van der Waals surface area contributed by atoms with E-state index < -0.39 is 21.6 Å². The predicted octanol–water partition coefficient (Wildman–Crippen LogP) is 7.78. The van der Waals surface area contributed by atoms with E-state index in [1.165, 1.54) is 61.2 Å². The van der Waals surface area contributed by atoms with Crippen molar-refractivity contribution >= 4 is 44.2 Å². The van der Waals surface area contributed by atoms with Gasteiger partial charge in [0, 0.05) is 68.7 Å². The lowest BCUT2D eigenvalue weighted by molar-refractivity contribution is -0.0832. The van der Waals surface area contributed by atoms with Crippen LogP contribution in [0, 0.1) is 5.41 Å². The van der Waals surface area contributed by atoms with Gasteiger partial charge < -0.3 is 30.4 Å². The molecule has 4 aliphatic heterocycles. The van der Waals surface area contributed by atoms with E-state index in [1.54, 1.807) is 24.5 Å². The molecular formula is C49H60FN9O5S. The molecule has 4 saturated heterocycles. The molecular weight excluding hydrogens is 846 g/mol. The number of carbonyl (C=O) groups excluding carboxylic acids is 1. The quantitative estimate of drug-likeness (QED) is 0.0848. The third kappa shape index (κ3) is 8.89. The minimum atomic E-state index is -4.40. The van der Waals surface area contributed by atoms with E-state index >= 15 is 4.39 Å². The van der Waals surface area contributed by atoms with Crippen molar-refractivity contribution in [2.24, 2.45) is 5.41 Å². The zero-order valence-corrected chi connectivity index (χ0v) is 38.1. The number of nitrogens with zero attached hydrogens (tertiary/aromatic N) is 5. The molecule has 5 N–H and O–H groups in total. The second-order valence-corrected chi connectivity index (χ2v) is 21.1. The summed E-state index contributed by atoms with van der Waals surface area (Å²) in [7, 11) is -4.40. The molecule has 0 radical (unpaired) electrons. The van der Waals surface area contributed by atoms with Crippen LogP contribution in [0.2, 0.25) is 0 Å². The first-order valence-corrected chi connectivity index (χ1v) is 24.7. The van der Waals surface area contributed by atoms with Gasteiger partial charge in [0.05, 0.1) is 41.7 Å². The van der Waals surface area contributed by atoms with Crippen LogP contribution in [-0.4, -0.2) is 109 Å². The topological polar surface area (TPSA) is 171 Å². The number of aromatic nitrogens is 3. The van der Waals surface area contributed by atoms with Crippen LogP contribution >= 0.6 is 0 Å². The number of nitrogen functional groups attached to an aromatic ring is 1. The first-order valence-electron chi connectivity index (χ1n) is 23.3. The lowest BCUT2D eigenvalue weighted by Crippen LogP contribution is -2.55. The molecule has 5 aromatic rings. The maximum atomic E-state index is 15.7. The van der Waals surface area contributed by atoms with Crippen molar-refractivity contribution in [3.05, 3.63) is 95.9 Å². The number of fused-ring (bicyclic) bond motifs is 1. The van der Waals surface area contributed by atoms with Crippen molar-refractivity contribution in [3.8, 4) is 11.5 Å². The summed E-state index contributed by atoms with van der Waals surface area (Å²) in [5, 5.41) is 3.90. The van der Waals surface area contributed by atoms with Gasteiger partial charge in [0.25, 0.3) is 15.9 Å². The van der Waals surface area contributed by atoms with E-state index in [0.29, 0.717) is 91.5 Å². The third-order valence-electron chi connectivity index (χ3n) is 14.9. The lowest BCUT2D eigenvalue weighted by atomic mass is 9.60. The molecule has 16 heteroatoms. The van der Waals surface area contributed by atoms with Crippen LogP contribution in [0.5, 0.6) is 11.5 Å². The number of likely N-dealkylation sites (tertiary alicyclic amines) is 2. The Balaban J connectivity index is 0.808. The fraction of sp³-hybridized carbons (Fsp3) is 0.490. The molecule has 5 aliphatic rings. The summed E-state index contributed by atoms with van der Waals surface area (Å²) in [4.78, 5) is 33.2. The molecule has 1 amide bonds. The number of halogens is 1. The number of nitrogens with one attached hydrogen (secondary N) is 3. The van der Waals surface area contributed by atoms with E-state index in [4.69, 9.17) is 20.2 Å². The summed E-state index contributed by atoms with van der Waals surface area (Å²) in [6.45, 7) is 10.1. The van der Waals surface area contributed by atoms with Gasteiger partial charge in [0.1, 0.15) is 34.2 Å². The molecule has 7 heterocycles. The molecule has 3 aromatic heterocycles. The number of ether oxygens (including phenoxy) is 2. The largest absolute Gasteiger partial charge is 0.455 e. The van der Waals surface area contributed by atoms with Crippen molar-refractivity contribution in [2.45, 2.75) is 99.8 Å². The van der Waals surface area contributed by atoms with Gasteiger partial charge in [-0.25, -0.2) is 27.5 Å². The van der Waals surface area contributed by atoms with Crippen molar-refractivity contribution in [3.63, 3.8) is 0 Å². The highest BCUT2D eigenvalue weighted by Gasteiger charge is 2.50. The number of rotatable bonds is 13. The summed E-state index contributed by atoms with van der Waals surface area (Å²) >= 11 is 0. The molecule has 344 valence electrons.